The van der Waals surface area contributed by atoms with Crippen molar-refractivity contribution in [3.05, 3.63) is 60.2 Å². The smallest absolute Gasteiger partial charge is 0.120 e. The molecule has 1 heterocycles. The molecule has 22 heavy (non-hydrogen) atoms. The second kappa shape index (κ2) is 8.66. The predicted molar refractivity (Wildman–Crippen MR) is 90.9 cm³/mol. The Labute approximate surface area is 138 Å². The van der Waals surface area contributed by atoms with E-state index in [1.807, 2.05) is 42.5 Å². The van der Waals surface area contributed by atoms with Crippen molar-refractivity contribution in [2.75, 3.05) is 19.7 Å². The van der Waals surface area contributed by atoms with Crippen LogP contribution in [0.2, 0.25) is 0 Å². The first kappa shape index (κ1) is 16.7. The van der Waals surface area contributed by atoms with E-state index in [-0.39, 0.29) is 12.4 Å². The lowest BCUT2D eigenvalue weighted by molar-refractivity contribution is 0.259. The van der Waals surface area contributed by atoms with Crippen molar-refractivity contribution in [2.24, 2.45) is 5.92 Å². The fourth-order valence-corrected chi connectivity index (χ4v) is 2.44. The molecule has 1 aliphatic heterocycles. The summed E-state index contributed by atoms with van der Waals surface area (Å²) in [5.41, 5.74) is 1.17. The largest absolute Gasteiger partial charge is 0.493 e. The molecule has 2 aromatic carbocycles. The summed E-state index contributed by atoms with van der Waals surface area (Å²) in [5, 5.41) is 3.35. The number of ether oxygens (including phenoxy) is 2. The predicted octanol–water partition coefficient (Wildman–Crippen LogP) is 3.68. The molecule has 2 aromatic rings. The molecule has 1 N–H and O–H groups in total. The SMILES string of the molecule is Cl.c1ccc(COc2ccc(OCC3CCNC3)cc2)cc1. The molecule has 0 saturated carbocycles. The van der Waals surface area contributed by atoms with E-state index in [0.29, 0.717) is 12.5 Å². The van der Waals surface area contributed by atoms with Crippen molar-refractivity contribution in [2.45, 2.75) is 13.0 Å². The highest BCUT2D eigenvalue weighted by atomic mass is 35.5. The zero-order chi connectivity index (χ0) is 14.3. The normalized spacial score (nSPS) is 16.8. The molecule has 0 bridgehead atoms. The van der Waals surface area contributed by atoms with Gasteiger partial charge in [0.25, 0.3) is 0 Å². The number of hydrogen-bond donors (Lipinski definition) is 1. The lowest BCUT2D eigenvalue weighted by atomic mass is 10.1. The Balaban J connectivity index is 0.00000176. The van der Waals surface area contributed by atoms with Crippen LogP contribution >= 0.6 is 12.4 Å². The molecule has 0 aliphatic carbocycles. The van der Waals surface area contributed by atoms with Crippen LogP contribution in [0.1, 0.15) is 12.0 Å². The van der Waals surface area contributed by atoms with E-state index in [0.717, 1.165) is 31.2 Å². The highest BCUT2D eigenvalue weighted by molar-refractivity contribution is 5.85. The molecule has 1 saturated heterocycles. The molecule has 0 radical (unpaired) electrons. The minimum Gasteiger partial charge on any atom is -0.493 e. The molecule has 118 valence electrons. The van der Waals surface area contributed by atoms with Gasteiger partial charge in [0.05, 0.1) is 6.61 Å². The molecular formula is C18H22ClNO2. The molecule has 3 nitrogen and oxygen atoms in total. The molecule has 1 unspecified atom stereocenters. The Bertz CT molecular complexity index is 539. The molecule has 1 fully saturated rings. The summed E-state index contributed by atoms with van der Waals surface area (Å²) in [6.45, 7) is 3.56. The number of halogens is 1. The van der Waals surface area contributed by atoms with Gasteiger partial charge < -0.3 is 14.8 Å². The van der Waals surface area contributed by atoms with Gasteiger partial charge >= 0.3 is 0 Å². The first-order valence-corrected chi connectivity index (χ1v) is 7.50. The van der Waals surface area contributed by atoms with Crippen LogP contribution in [0.15, 0.2) is 54.6 Å². The number of rotatable bonds is 6. The number of hydrogen-bond acceptors (Lipinski definition) is 3. The van der Waals surface area contributed by atoms with Crippen LogP contribution in [0.3, 0.4) is 0 Å². The summed E-state index contributed by atoms with van der Waals surface area (Å²) in [4.78, 5) is 0. The Morgan fingerprint density at radius 1 is 0.909 bits per heavy atom. The average molecular weight is 320 g/mol. The van der Waals surface area contributed by atoms with Crippen LogP contribution in [0.4, 0.5) is 0 Å². The van der Waals surface area contributed by atoms with Crippen molar-refractivity contribution in [1.29, 1.82) is 0 Å². The van der Waals surface area contributed by atoms with Gasteiger partial charge in [-0.25, -0.2) is 0 Å². The standard InChI is InChI=1S/C18H21NO2.ClH/c1-2-4-15(5-3-1)13-20-17-6-8-18(9-7-17)21-14-16-10-11-19-12-16;/h1-9,16,19H,10-14H2;1H. The van der Waals surface area contributed by atoms with Crippen LogP contribution in [-0.2, 0) is 6.61 Å². The lowest BCUT2D eigenvalue weighted by Gasteiger charge is -2.11. The first-order valence-electron chi connectivity index (χ1n) is 7.50. The van der Waals surface area contributed by atoms with Gasteiger partial charge in [0.1, 0.15) is 18.1 Å². The van der Waals surface area contributed by atoms with Crippen LogP contribution in [-0.4, -0.2) is 19.7 Å². The zero-order valence-electron chi connectivity index (χ0n) is 12.5. The van der Waals surface area contributed by atoms with Crippen LogP contribution < -0.4 is 14.8 Å². The minimum atomic E-state index is 0. The molecular weight excluding hydrogens is 298 g/mol. The van der Waals surface area contributed by atoms with Gasteiger partial charge in [0.15, 0.2) is 0 Å². The van der Waals surface area contributed by atoms with E-state index < -0.39 is 0 Å². The molecule has 1 aliphatic rings. The zero-order valence-corrected chi connectivity index (χ0v) is 13.4. The van der Waals surface area contributed by atoms with Gasteiger partial charge in [-0.05, 0) is 42.8 Å². The summed E-state index contributed by atoms with van der Waals surface area (Å²) in [5.74, 6) is 2.42. The van der Waals surface area contributed by atoms with E-state index in [2.05, 4.69) is 17.4 Å². The van der Waals surface area contributed by atoms with Crippen molar-refractivity contribution >= 4 is 12.4 Å². The quantitative estimate of drug-likeness (QED) is 0.881. The van der Waals surface area contributed by atoms with Crippen LogP contribution in [0.5, 0.6) is 11.5 Å². The van der Waals surface area contributed by atoms with Gasteiger partial charge in [-0.15, -0.1) is 12.4 Å². The van der Waals surface area contributed by atoms with Gasteiger partial charge in [-0.3, -0.25) is 0 Å². The topological polar surface area (TPSA) is 30.5 Å². The number of benzene rings is 2. The van der Waals surface area contributed by atoms with Crippen molar-refractivity contribution in [3.63, 3.8) is 0 Å². The molecule has 0 amide bonds. The van der Waals surface area contributed by atoms with Gasteiger partial charge in [0, 0.05) is 12.5 Å². The van der Waals surface area contributed by atoms with Gasteiger partial charge in [-0.1, -0.05) is 30.3 Å². The molecule has 4 heteroatoms. The maximum atomic E-state index is 5.81. The summed E-state index contributed by atoms with van der Waals surface area (Å²) < 4.78 is 11.6. The van der Waals surface area contributed by atoms with Gasteiger partial charge in [-0.2, -0.15) is 0 Å². The fraction of sp³-hybridized carbons (Fsp3) is 0.333. The molecule has 3 rings (SSSR count). The molecule has 0 aromatic heterocycles. The maximum Gasteiger partial charge on any atom is 0.120 e. The Kier molecular flexibility index (Phi) is 6.56. The monoisotopic (exact) mass is 319 g/mol. The summed E-state index contributed by atoms with van der Waals surface area (Å²) in [6.07, 6.45) is 1.21. The Hall–Kier alpha value is -1.71. The Morgan fingerprint density at radius 3 is 2.23 bits per heavy atom. The highest BCUT2D eigenvalue weighted by Crippen LogP contribution is 2.20. The highest BCUT2D eigenvalue weighted by Gasteiger charge is 2.14. The van der Waals surface area contributed by atoms with Crippen LogP contribution in [0.25, 0.3) is 0 Å². The molecule has 1 atom stereocenters. The summed E-state index contributed by atoms with van der Waals surface area (Å²) in [6, 6.07) is 18.1. The minimum absolute atomic E-state index is 0. The van der Waals surface area contributed by atoms with Gasteiger partial charge in [0.2, 0.25) is 0 Å². The average Bonchev–Trinajstić information content (AvgIpc) is 3.06. The lowest BCUT2D eigenvalue weighted by Crippen LogP contribution is -2.15. The fourth-order valence-electron chi connectivity index (χ4n) is 2.44. The third kappa shape index (κ3) is 4.93. The second-order valence-corrected chi connectivity index (χ2v) is 5.42. The van der Waals surface area contributed by atoms with E-state index in [1.54, 1.807) is 0 Å². The van der Waals surface area contributed by atoms with Crippen molar-refractivity contribution in [1.82, 2.24) is 5.32 Å². The van der Waals surface area contributed by atoms with E-state index in [4.69, 9.17) is 9.47 Å². The Morgan fingerprint density at radius 2 is 1.59 bits per heavy atom. The van der Waals surface area contributed by atoms with E-state index in [1.165, 1.54) is 12.0 Å². The third-order valence-electron chi connectivity index (χ3n) is 3.72. The second-order valence-electron chi connectivity index (χ2n) is 5.42. The molecule has 0 spiro atoms. The summed E-state index contributed by atoms with van der Waals surface area (Å²) >= 11 is 0. The first-order chi connectivity index (χ1) is 10.4. The maximum absolute atomic E-state index is 5.81. The summed E-state index contributed by atoms with van der Waals surface area (Å²) in [7, 11) is 0. The third-order valence-corrected chi connectivity index (χ3v) is 3.72. The van der Waals surface area contributed by atoms with Crippen molar-refractivity contribution < 1.29 is 9.47 Å². The van der Waals surface area contributed by atoms with Crippen molar-refractivity contribution in [3.8, 4) is 11.5 Å². The van der Waals surface area contributed by atoms with Crippen LogP contribution in [0, 0.1) is 5.92 Å². The van der Waals surface area contributed by atoms with E-state index >= 15 is 0 Å². The van der Waals surface area contributed by atoms with E-state index in [9.17, 15) is 0 Å². The number of nitrogens with one attached hydrogen (secondary N) is 1.